The molecule has 0 unspecified atom stereocenters. The molecule has 0 fully saturated rings. The van der Waals surface area contributed by atoms with Crippen molar-refractivity contribution in [2.45, 2.75) is 12.5 Å². The molecule has 0 bridgehead atoms. The van der Waals surface area contributed by atoms with Crippen LogP contribution in [-0.2, 0) is 14.3 Å². The summed E-state index contributed by atoms with van der Waals surface area (Å²) in [5, 5.41) is 15.9. The second-order valence-electron chi connectivity index (χ2n) is 5.42. The van der Waals surface area contributed by atoms with Crippen molar-refractivity contribution in [2.24, 2.45) is 5.73 Å². The number of hydrogen-bond acceptors (Lipinski definition) is 4. The van der Waals surface area contributed by atoms with Crippen molar-refractivity contribution >= 4 is 30.3 Å². The maximum atomic E-state index is 11.6. The van der Waals surface area contributed by atoms with Gasteiger partial charge >= 0.3 is 11.9 Å². The van der Waals surface area contributed by atoms with Gasteiger partial charge in [0.25, 0.3) is 0 Å². The first-order valence-corrected chi connectivity index (χ1v) is 5.78. The third kappa shape index (κ3) is 10.4. The molecule has 0 amide bonds. The highest BCUT2D eigenvalue weighted by atomic mass is 35.5. The number of ether oxygens (including phenoxy) is 1. The van der Waals surface area contributed by atoms with Crippen molar-refractivity contribution < 1.29 is 23.9 Å². The molecule has 8 nitrogen and oxygen atoms in total. The van der Waals surface area contributed by atoms with Gasteiger partial charge in [-0.2, -0.15) is 0 Å². The fraction of sp³-hybridized carbons (Fsp3) is 0.727. The van der Waals surface area contributed by atoms with Gasteiger partial charge < -0.3 is 25.0 Å². The highest BCUT2D eigenvalue weighted by Crippen LogP contribution is 2.05. The van der Waals surface area contributed by atoms with Crippen molar-refractivity contribution in [3.05, 3.63) is 0 Å². The molecule has 0 aromatic carbocycles. The number of carbonyl (C=O) groups excluding carboxylic acids is 1. The lowest BCUT2D eigenvalue weighted by Gasteiger charge is -2.28. The Morgan fingerprint density at radius 1 is 1.40 bits per heavy atom. The standard InChI is InChI=1S/C11H22N4O4.ClH/c1-14(11(12)13)6-10(18)19-8(5-9(16)17)7-15(2,3)4;/h8H,5-7H2,1-4H3,(H3-,12,13,16,17);1H/p+1/t8-;/m1./s1. The number of aliphatic carboxylic acids is 1. The third-order valence-corrected chi connectivity index (χ3v) is 2.23. The van der Waals surface area contributed by atoms with Crippen LogP contribution in [-0.4, -0.2) is 79.8 Å². The summed E-state index contributed by atoms with van der Waals surface area (Å²) in [6.45, 7) is 0.213. The van der Waals surface area contributed by atoms with E-state index in [-0.39, 0.29) is 31.3 Å². The van der Waals surface area contributed by atoms with Gasteiger partial charge in [-0.15, -0.1) is 12.4 Å². The number of likely N-dealkylation sites (N-methyl/N-ethyl adjacent to an activating group) is 2. The first kappa shape index (κ1) is 20.8. The van der Waals surface area contributed by atoms with Gasteiger partial charge in [-0.25, -0.2) is 0 Å². The van der Waals surface area contributed by atoms with Crippen molar-refractivity contribution in [1.82, 2.24) is 4.90 Å². The van der Waals surface area contributed by atoms with Crippen LogP contribution in [0.25, 0.3) is 0 Å². The number of hydrogen-bond donors (Lipinski definition) is 3. The van der Waals surface area contributed by atoms with E-state index in [0.29, 0.717) is 11.0 Å². The number of carboxylic acid groups (broad SMARTS) is 1. The molecule has 20 heavy (non-hydrogen) atoms. The minimum Gasteiger partial charge on any atom is -0.481 e. The van der Waals surface area contributed by atoms with Crippen molar-refractivity contribution in [3.8, 4) is 0 Å². The number of carboxylic acids is 1. The molecule has 0 spiro atoms. The van der Waals surface area contributed by atoms with E-state index in [1.165, 1.54) is 11.9 Å². The van der Waals surface area contributed by atoms with E-state index in [2.05, 4.69) is 0 Å². The molecule has 9 heteroatoms. The Kier molecular flexibility index (Phi) is 8.93. The van der Waals surface area contributed by atoms with Gasteiger partial charge in [0.1, 0.15) is 13.1 Å². The monoisotopic (exact) mass is 311 g/mol. The van der Waals surface area contributed by atoms with Crippen LogP contribution >= 0.6 is 12.4 Å². The first-order chi connectivity index (χ1) is 8.51. The van der Waals surface area contributed by atoms with E-state index in [9.17, 15) is 9.59 Å². The topological polar surface area (TPSA) is 117 Å². The zero-order valence-corrected chi connectivity index (χ0v) is 13.1. The number of nitrogens with two attached hydrogens (primary N) is 1. The molecule has 0 aromatic heterocycles. The lowest BCUT2D eigenvalue weighted by molar-refractivity contribution is -0.873. The number of nitrogens with one attached hydrogen (secondary N) is 1. The van der Waals surface area contributed by atoms with Crippen LogP contribution in [0.2, 0.25) is 0 Å². The van der Waals surface area contributed by atoms with E-state index in [4.69, 9.17) is 21.0 Å². The largest absolute Gasteiger partial charge is 0.481 e. The highest BCUT2D eigenvalue weighted by Gasteiger charge is 2.25. The van der Waals surface area contributed by atoms with Crippen LogP contribution in [0.5, 0.6) is 0 Å². The summed E-state index contributed by atoms with van der Waals surface area (Å²) in [4.78, 5) is 23.6. The molecule has 0 rings (SSSR count). The average Bonchev–Trinajstić information content (AvgIpc) is 2.12. The SMILES string of the molecule is CN(CC(=O)O[C@H](CC(=O)O)C[N+](C)(C)C)C(=N)N.Cl. The Balaban J connectivity index is 0. The first-order valence-electron chi connectivity index (χ1n) is 5.78. The molecular formula is C11H24ClN4O4+. The summed E-state index contributed by atoms with van der Waals surface area (Å²) in [7, 11) is 7.12. The smallest absolute Gasteiger partial charge is 0.326 e. The second-order valence-corrected chi connectivity index (χ2v) is 5.42. The van der Waals surface area contributed by atoms with Gasteiger partial charge in [0.2, 0.25) is 0 Å². The van der Waals surface area contributed by atoms with E-state index in [1.54, 1.807) is 0 Å². The Labute approximate surface area is 125 Å². The summed E-state index contributed by atoms with van der Waals surface area (Å²) in [6, 6.07) is 0. The molecule has 0 radical (unpaired) electrons. The lowest BCUT2D eigenvalue weighted by Crippen LogP contribution is -2.45. The Hall–Kier alpha value is -1.54. The van der Waals surface area contributed by atoms with E-state index < -0.39 is 18.0 Å². The number of carbonyl (C=O) groups is 2. The summed E-state index contributed by atoms with van der Waals surface area (Å²) in [5.41, 5.74) is 5.20. The molecule has 118 valence electrons. The van der Waals surface area contributed by atoms with E-state index >= 15 is 0 Å². The molecule has 4 N–H and O–H groups in total. The number of nitrogens with zero attached hydrogens (tertiary/aromatic N) is 2. The molecule has 0 saturated heterocycles. The summed E-state index contributed by atoms with van der Waals surface area (Å²) < 4.78 is 5.61. The number of esters is 1. The van der Waals surface area contributed by atoms with Crippen LogP contribution in [0, 0.1) is 5.41 Å². The fourth-order valence-corrected chi connectivity index (χ4v) is 1.45. The molecule has 0 aromatic rings. The summed E-state index contributed by atoms with van der Waals surface area (Å²) >= 11 is 0. The van der Waals surface area contributed by atoms with E-state index in [0.717, 1.165) is 0 Å². The maximum Gasteiger partial charge on any atom is 0.326 e. The van der Waals surface area contributed by atoms with Crippen molar-refractivity contribution in [1.29, 1.82) is 5.41 Å². The molecule has 0 heterocycles. The summed E-state index contributed by atoms with van der Waals surface area (Å²) in [6.07, 6.45) is -0.948. The van der Waals surface area contributed by atoms with Crippen molar-refractivity contribution in [2.75, 3.05) is 41.3 Å². The summed E-state index contributed by atoms with van der Waals surface area (Å²) in [5.74, 6) is -1.87. The fourth-order valence-electron chi connectivity index (χ4n) is 1.45. The number of rotatable bonds is 7. The van der Waals surface area contributed by atoms with E-state index in [1.807, 2.05) is 21.1 Å². The minimum absolute atomic E-state index is 0. The third-order valence-electron chi connectivity index (χ3n) is 2.23. The highest BCUT2D eigenvalue weighted by molar-refractivity contribution is 5.85. The normalized spacial score (nSPS) is 12.0. The zero-order chi connectivity index (χ0) is 15.2. The average molecular weight is 312 g/mol. The van der Waals surface area contributed by atoms with Crippen LogP contribution in [0.4, 0.5) is 0 Å². The van der Waals surface area contributed by atoms with Gasteiger partial charge in [-0.05, 0) is 0 Å². The predicted octanol–water partition coefficient (Wildman–Crippen LogP) is -0.674. The zero-order valence-electron chi connectivity index (χ0n) is 12.3. The quantitative estimate of drug-likeness (QED) is 0.248. The Bertz CT molecular complexity index is 357. The Morgan fingerprint density at radius 2 is 1.90 bits per heavy atom. The van der Waals surface area contributed by atoms with Crippen LogP contribution < -0.4 is 5.73 Å². The van der Waals surface area contributed by atoms with Gasteiger partial charge in [0.15, 0.2) is 12.1 Å². The van der Waals surface area contributed by atoms with Crippen LogP contribution in [0.15, 0.2) is 0 Å². The second kappa shape index (κ2) is 8.60. The Morgan fingerprint density at radius 3 is 2.25 bits per heavy atom. The number of guanidine groups is 1. The number of quaternary nitrogens is 1. The predicted molar refractivity (Wildman–Crippen MR) is 76.8 cm³/mol. The van der Waals surface area contributed by atoms with Crippen molar-refractivity contribution in [3.63, 3.8) is 0 Å². The van der Waals surface area contributed by atoms with Gasteiger partial charge in [-0.3, -0.25) is 15.0 Å². The van der Waals surface area contributed by atoms with Gasteiger partial charge in [0, 0.05) is 7.05 Å². The molecule has 0 saturated carbocycles. The van der Waals surface area contributed by atoms with Gasteiger partial charge in [0.05, 0.1) is 27.6 Å². The van der Waals surface area contributed by atoms with Crippen LogP contribution in [0.1, 0.15) is 6.42 Å². The number of halogens is 1. The van der Waals surface area contributed by atoms with Crippen LogP contribution in [0.3, 0.4) is 0 Å². The maximum absolute atomic E-state index is 11.6. The molecule has 1 atom stereocenters. The molecule has 0 aliphatic rings. The minimum atomic E-state index is -1.02. The van der Waals surface area contributed by atoms with Gasteiger partial charge in [-0.1, -0.05) is 0 Å². The lowest BCUT2D eigenvalue weighted by atomic mass is 10.2. The molecule has 0 aliphatic carbocycles. The molecule has 0 aliphatic heterocycles. The molecular weight excluding hydrogens is 288 g/mol.